The number of carbonyl (C=O) groups excluding carboxylic acids is 1. The van der Waals surface area contributed by atoms with Crippen molar-refractivity contribution in [1.29, 1.82) is 0 Å². The minimum absolute atomic E-state index is 0. The largest absolute Gasteiger partial charge is 0.369 e. The number of nitrogens with one attached hydrogen (secondary N) is 2. The van der Waals surface area contributed by atoms with E-state index in [0.29, 0.717) is 6.04 Å². The number of hydrogen-bond donors (Lipinski definition) is 2. The van der Waals surface area contributed by atoms with Crippen LogP contribution in [0, 0.1) is 5.92 Å². The molecule has 2 heterocycles. The number of amides is 1. The fourth-order valence-electron chi connectivity index (χ4n) is 3.99. The van der Waals surface area contributed by atoms with Gasteiger partial charge in [-0.15, -0.1) is 12.4 Å². The van der Waals surface area contributed by atoms with Gasteiger partial charge in [-0.1, -0.05) is 18.2 Å². The van der Waals surface area contributed by atoms with Crippen molar-refractivity contribution in [3.05, 3.63) is 30.3 Å². The zero-order chi connectivity index (χ0) is 17.6. The van der Waals surface area contributed by atoms with Crippen LogP contribution in [0.15, 0.2) is 30.3 Å². The van der Waals surface area contributed by atoms with Crippen LogP contribution in [0.4, 0.5) is 5.69 Å². The molecule has 0 aromatic heterocycles. The Labute approximate surface area is 163 Å². The van der Waals surface area contributed by atoms with E-state index >= 15 is 0 Å². The van der Waals surface area contributed by atoms with E-state index < -0.39 is 0 Å². The van der Waals surface area contributed by atoms with Crippen molar-refractivity contribution in [2.24, 2.45) is 5.92 Å². The van der Waals surface area contributed by atoms with Gasteiger partial charge in [0.2, 0.25) is 5.91 Å². The average molecular weight is 381 g/mol. The summed E-state index contributed by atoms with van der Waals surface area (Å²) in [5.41, 5.74) is 1.31. The summed E-state index contributed by atoms with van der Waals surface area (Å²) in [5, 5.41) is 6.65. The van der Waals surface area contributed by atoms with E-state index in [1.807, 2.05) is 0 Å². The molecule has 2 fully saturated rings. The van der Waals surface area contributed by atoms with Crippen LogP contribution in [0.1, 0.15) is 26.7 Å². The van der Waals surface area contributed by atoms with Crippen LogP contribution in [0.2, 0.25) is 0 Å². The van der Waals surface area contributed by atoms with Gasteiger partial charge in [-0.25, -0.2) is 0 Å². The molecule has 6 heteroatoms. The van der Waals surface area contributed by atoms with E-state index in [-0.39, 0.29) is 30.3 Å². The monoisotopic (exact) mass is 380 g/mol. The second kappa shape index (κ2) is 10.1. The first kappa shape index (κ1) is 21.0. The highest BCUT2D eigenvalue weighted by Gasteiger charge is 2.26. The van der Waals surface area contributed by atoms with Gasteiger partial charge in [0, 0.05) is 56.4 Å². The normalized spacial score (nSPS) is 25.2. The molecular weight excluding hydrogens is 348 g/mol. The summed E-state index contributed by atoms with van der Waals surface area (Å²) in [6, 6.07) is 11.3. The predicted molar refractivity (Wildman–Crippen MR) is 110 cm³/mol. The number of anilines is 1. The lowest BCUT2D eigenvalue weighted by Crippen LogP contribution is -2.52. The fourth-order valence-corrected chi connectivity index (χ4v) is 3.99. The van der Waals surface area contributed by atoms with Crippen molar-refractivity contribution in [3.8, 4) is 0 Å². The number of piperidine rings is 1. The van der Waals surface area contributed by atoms with E-state index in [2.05, 4.69) is 64.6 Å². The van der Waals surface area contributed by atoms with E-state index in [9.17, 15) is 4.79 Å². The zero-order valence-electron chi connectivity index (χ0n) is 16.0. The van der Waals surface area contributed by atoms with E-state index in [0.717, 1.165) is 52.1 Å². The molecule has 1 aromatic carbocycles. The second-order valence-electron chi connectivity index (χ2n) is 7.61. The Kier molecular flexibility index (Phi) is 8.19. The summed E-state index contributed by atoms with van der Waals surface area (Å²) in [6.45, 7) is 10.4. The minimum Gasteiger partial charge on any atom is -0.369 e. The van der Waals surface area contributed by atoms with Crippen LogP contribution in [-0.2, 0) is 4.79 Å². The molecule has 2 aliphatic rings. The highest BCUT2D eigenvalue weighted by molar-refractivity contribution is 5.85. The number of hydrogen-bond acceptors (Lipinski definition) is 4. The molecule has 3 rings (SSSR count). The Morgan fingerprint density at radius 3 is 2.58 bits per heavy atom. The molecule has 3 atom stereocenters. The van der Waals surface area contributed by atoms with E-state index in [1.54, 1.807) is 0 Å². The first-order chi connectivity index (χ1) is 12.1. The van der Waals surface area contributed by atoms with Gasteiger partial charge in [-0.3, -0.25) is 9.69 Å². The first-order valence-corrected chi connectivity index (χ1v) is 9.68. The Morgan fingerprint density at radius 2 is 1.92 bits per heavy atom. The molecule has 26 heavy (non-hydrogen) atoms. The SMILES string of the molecule is CC(CN1CCN(c2ccccc2)CC1)NC(=O)[C@H]1CCN[C@@H](C)C1.Cl. The summed E-state index contributed by atoms with van der Waals surface area (Å²) in [5.74, 6) is 0.414. The topological polar surface area (TPSA) is 47.6 Å². The van der Waals surface area contributed by atoms with Gasteiger partial charge in [0.05, 0.1) is 0 Å². The number of carbonyl (C=O) groups is 1. The maximum atomic E-state index is 12.5. The maximum absolute atomic E-state index is 12.5. The van der Waals surface area contributed by atoms with Crippen molar-refractivity contribution < 1.29 is 4.79 Å². The van der Waals surface area contributed by atoms with Gasteiger partial charge in [0.1, 0.15) is 0 Å². The number of piperazine rings is 1. The number of para-hydroxylation sites is 1. The molecule has 0 bridgehead atoms. The summed E-state index contributed by atoms with van der Waals surface area (Å²) in [4.78, 5) is 17.4. The summed E-state index contributed by atoms with van der Waals surface area (Å²) < 4.78 is 0. The zero-order valence-corrected chi connectivity index (χ0v) is 16.8. The van der Waals surface area contributed by atoms with Crippen LogP contribution in [-0.4, -0.2) is 62.2 Å². The maximum Gasteiger partial charge on any atom is 0.223 e. The molecule has 2 aliphatic heterocycles. The van der Waals surface area contributed by atoms with Crippen molar-refractivity contribution in [1.82, 2.24) is 15.5 Å². The third-order valence-corrected chi connectivity index (χ3v) is 5.41. The summed E-state index contributed by atoms with van der Waals surface area (Å²) >= 11 is 0. The van der Waals surface area contributed by atoms with Crippen molar-refractivity contribution in [2.45, 2.75) is 38.8 Å². The summed E-state index contributed by atoms with van der Waals surface area (Å²) in [7, 11) is 0. The Balaban J connectivity index is 0.00000243. The lowest BCUT2D eigenvalue weighted by Gasteiger charge is -2.37. The Morgan fingerprint density at radius 1 is 1.23 bits per heavy atom. The third kappa shape index (κ3) is 5.86. The smallest absolute Gasteiger partial charge is 0.223 e. The molecule has 0 aliphatic carbocycles. The van der Waals surface area contributed by atoms with Gasteiger partial charge >= 0.3 is 0 Å². The van der Waals surface area contributed by atoms with Gasteiger partial charge in [-0.05, 0) is 45.4 Å². The van der Waals surface area contributed by atoms with Crippen LogP contribution in [0.25, 0.3) is 0 Å². The molecule has 1 aromatic rings. The average Bonchev–Trinajstić information content (AvgIpc) is 2.63. The Hall–Kier alpha value is -1.30. The molecule has 5 nitrogen and oxygen atoms in total. The highest BCUT2D eigenvalue weighted by Crippen LogP contribution is 2.17. The lowest BCUT2D eigenvalue weighted by molar-refractivity contribution is -0.126. The third-order valence-electron chi connectivity index (χ3n) is 5.41. The molecule has 0 spiro atoms. The van der Waals surface area contributed by atoms with Gasteiger partial charge in [0.15, 0.2) is 0 Å². The van der Waals surface area contributed by atoms with Gasteiger partial charge in [0.25, 0.3) is 0 Å². The molecule has 1 amide bonds. The molecule has 0 saturated carbocycles. The van der Waals surface area contributed by atoms with Crippen molar-refractivity contribution in [2.75, 3.05) is 44.2 Å². The predicted octanol–water partition coefficient (Wildman–Crippen LogP) is 2.12. The highest BCUT2D eigenvalue weighted by atomic mass is 35.5. The second-order valence-corrected chi connectivity index (χ2v) is 7.61. The van der Waals surface area contributed by atoms with Crippen molar-refractivity contribution >= 4 is 24.0 Å². The molecule has 146 valence electrons. The van der Waals surface area contributed by atoms with Crippen LogP contribution >= 0.6 is 12.4 Å². The summed E-state index contributed by atoms with van der Waals surface area (Å²) in [6.07, 6.45) is 1.91. The first-order valence-electron chi connectivity index (χ1n) is 9.68. The van der Waals surface area contributed by atoms with Gasteiger partial charge in [-0.2, -0.15) is 0 Å². The van der Waals surface area contributed by atoms with E-state index in [4.69, 9.17) is 0 Å². The number of halogens is 1. The van der Waals surface area contributed by atoms with Gasteiger partial charge < -0.3 is 15.5 Å². The molecule has 1 unspecified atom stereocenters. The molecule has 2 N–H and O–H groups in total. The number of rotatable bonds is 5. The Bertz CT molecular complexity index is 548. The minimum atomic E-state index is 0. The fraction of sp³-hybridized carbons (Fsp3) is 0.650. The number of benzene rings is 1. The van der Waals surface area contributed by atoms with Crippen LogP contribution < -0.4 is 15.5 Å². The number of nitrogens with zero attached hydrogens (tertiary/aromatic N) is 2. The molecule has 2 saturated heterocycles. The van der Waals surface area contributed by atoms with Crippen LogP contribution in [0.3, 0.4) is 0 Å². The quantitative estimate of drug-likeness (QED) is 0.821. The molecule has 0 radical (unpaired) electrons. The van der Waals surface area contributed by atoms with Crippen molar-refractivity contribution in [3.63, 3.8) is 0 Å². The van der Waals surface area contributed by atoms with Crippen LogP contribution in [0.5, 0.6) is 0 Å². The van der Waals surface area contributed by atoms with E-state index in [1.165, 1.54) is 5.69 Å². The standard InChI is InChI=1S/C20H32N4O.ClH/c1-16-14-18(8-9-21-16)20(25)22-17(2)15-23-10-12-24(13-11-23)19-6-4-3-5-7-19;/h3-7,16-18,21H,8-15H2,1-2H3,(H,22,25);1H/t16-,17?,18-;/m0./s1. The molecular formula is C20H33ClN4O. The lowest BCUT2D eigenvalue weighted by atomic mass is 9.92.